The number of hydrogen-bond acceptors (Lipinski definition) is 5. The molecule has 1 heterocycles. The Balaban J connectivity index is 1.67. The van der Waals surface area contributed by atoms with E-state index in [0.29, 0.717) is 0 Å². The molecule has 0 aliphatic carbocycles. The molecule has 5 nitrogen and oxygen atoms in total. The highest BCUT2D eigenvalue weighted by molar-refractivity contribution is 5.92. The van der Waals surface area contributed by atoms with Crippen LogP contribution in [0.3, 0.4) is 0 Å². The lowest BCUT2D eigenvalue weighted by Crippen LogP contribution is -1.94. The molecule has 0 radical (unpaired) electrons. The van der Waals surface area contributed by atoms with Gasteiger partial charge in [-0.15, -0.1) is 0 Å². The van der Waals surface area contributed by atoms with Crippen molar-refractivity contribution in [2.75, 3.05) is 19.3 Å². The number of methoxy groups -OCH3 is 1. The third-order valence-electron chi connectivity index (χ3n) is 4.12. The molecule has 1 N–H and O–H groups in total. The second-order valence-corrected chi connectivity index (χ2v) is 5.76. The maximum Gasteiger partial charge on any atom is 0.231 e. The van der Waals surface area contributed by atoms with Crippen LogP contribution in [0.4, 0.5) is 5.69 Å². The Kier molecular flexibility index (Phi) is 4.43. The molecule has 0 aromatic heterocycles. The molecule has 0 bridgehead atoms. The van der Waals surface area contributed by atoms with Gasteiger partial charge in [-0.25, -0.2) is 0 Å². The maximum absolute atomic E-state index is 5.53. The third-order valence-corrected chi connectivity index (χ3v) is 4.12. The van der Waals surface area contributed by atoms with Crippen LogP contribution in [-0.2, 0) is 0 Å². The van der Waals surface area contributed by atoms with E-state index in [-0.39, 0.29) is 6.79 Å². The zero-order valence-corrected chi connectivity index (χ0v) is 14.3. The summed E-state index contributed by atoms with van der Waals surface area (Å²) >= 11 is 0. The van der Waals surface area contributed by atoms with Crippen LogP contribution in [0.15, 0.2) is 71.8 Å². The number of hydrogen-bond donors (Lipinski definition) is 1. The molecular weight excluding hydrogens is 328 g/mol. The predicted octanol–water partition coefficient (Wildman–Crippen LogP) is 4.54. The van der Waals surface area contributed by atoms with E-state index >= 15 is 0 Å². The maximum atomic E-state index is 5.53. The smallest absolute Gasteiger partial charge is 0.231 e. The fourth-order valence-corrected chi connectivity index (χ4v) is 2.77. The summed E-state index contributed by atoms with van der Waals surface area (Å²) in [6, 6.07) is 21.6. The van der Waals surface area contributed by atoms with Gasteiger partial charge in [0.1, 0.15) is 5.75 Å². The minimum atomic E-state index is 0.236. The van der Waals surface area contributed by atoms with Gasteiger partial charge in [0.15, 0.2) is 11.5 Å². The van der Waals surface area contributed by atoms with Crippen LogP contribution in [0.25, 0.3) is 11.1 Å². The lowest BCUT2D eigenvalue weighted by molar-refractivity contribution is 0.174. The van der Waals surface area contributed by atoms with Crippen molar-refractivity contribution >= 4 is 11.9 Å². The van der Waals surface area contributed by atoms with Crippen LogP contribution in [0.5, 0.6) is 17.2 Å². The summed E-state index contributed by atoms with van der Waals surface area (Å²) in [4.78, 5) is 0. The van der Waals surface area contributed by atoms with E-state index in [1.807, 2.05) is 66.7 Å². The van der Waals surface area contributed by atoms with E-state index in [4.69, 9.17) is 14.2 Å². The largest absolute Gasteiger partial charge is 0.497 e. The summed E-state index contributed by atoms with van der Waals surface area (Å²) in [7, 11) is 1.66. The van der Waals surface area contributed by atoms with Gasteiger partial charge in [0, 0.05) is 5.56 Å². The summed E-state index contributed by atoms with van der Waals surface area (Å²) in [6.07, 6.45) is 1.79. The second kappa shape index (κ2) is 7.19. The number of benzene rings is 3. The Bertz CT molecular complexity index is 922. The molecule has 0 fully saturated rings. The lowest BCUT2D eigenvalue weighted by atomic mass is 9.99. The topological polar surface area (TPSA) is 52.1 Å². The molecule has 3 aromatic carbocycles. The molecule has 0 spiro atoms. The lowest BCUT2D eigenvalue weighted by Gasteiger charge is -2.09. The summed E-state index contributed by atoms with van der Waals surface area (Å²) in [6.45, 7) is 0.236. The van der Waals surface area contributed by atoms with Crippen LogP contribution in [0, 0.1) is 0 Å². The number of hydrazone groups is 1. The summed E-state index contributed by atoms with van der Waals surface area (Å²) in [5.41, 5.74) is 6.95. The first kappa shape index (κ1) is 16.0. The number of fused-ring (bicyclic) bond motifs is 1. The molecule has 4 rings (SSSR count). The molecule has 0 amide bonds. The molecule has 0 atom stereocenters. The average molecular weight is 346 g/mol. The minimum Gasteiger partial charge on any atom is -0.497 e. The first-order valence-corrected chi connectivity index (χ1v) is 8.26. The van der Waals surface area contributed by atoms with Crippen LogP contribution >= 0.6 is 0 Å². The summed E-state index contributed by atoms with van der Waals surface area (Å²) in [5, 5.41) is 4.36. The van der Waals surface area contributed by atoms with Crippen molar-refractivity contribution in [1.29, 1.82) is 0 Å². The van der Waals surface area contributed by atoms with E-state index in [2.05, 4.69) is 10.5 Å². The number of anilines is 1. The van der Waals surface area contributed by atoms with Gasteiger partial charge in [0.25, 0.3) is 0 Å². The molecule has 0 unspecified atom stereocenters. The van der Waals surface area contributed by atoms with E-state index in [0.717, 1.165) is 39.6 Å². The molecule has 0 saturated heterocycles. The number of para-hydroxylation sites is 1. The second-order valence-electron chi connectivity index (χ2n) is 5.76. The first-order valence-electron chi connectivity index (χ1n) is 8.26. The van der Waals surface area contributed by atoms with Crippen molar-refractivity contribution in [3.63, 3.8) is 0 Å². The standard InChI is InChI=1S/C21H18N2O3/c1-24-18-9-7-15(8-10-18)19-12-21-20(25-14-26-21)11-16(19)13-22-23-17-5-3-2-4-6-17/h2-13,23H,14H2,1H3. The van der Waals surface area contributed by atoms with E-state index in [1.54, 1.807) is 13.3 Å². The molecule has 26 heavy (non-hydrogen) atoms. The highest BCUT2D eigenvalue weighted by atomic mass is 16.7. The molecule has 0 saturated carbocycles. The zero-order valence-electron chi connectivity index (χ0n) is 14.3. The third kappa shape index (κ3) is 3.32. The first-order chi connectivity index (χ1) is 12.8. The Morgan fingerprint density at radius 3 is 2.42 bits per heavy atom. The van der Waals surface area contributed by atoms with Gasteiger partial charge >= 0.3 is 0 Å². The SMILES string of the molecule is COc1ccc(-c2cc3c(cc2C=NNc2ccccc2)OCO3)cc1. The van der Waals surface area contributed by atoms with Gasteiger partial charge in [-0.05, 0) is 47.5 Å². The average Bonchev–Trinajstić information content (AvgIpc) is 3.16. The van der Waals surface area contributed by atoms with Crippen LogP contribution in [0.2, 0.25) is 0 Å². The Hall–Kier alpha value is -3.47. The van der Waals surface area contributed by atoms with E-state index in [1.165, 1.54) is 0 Å². The Labute approximate surface area is 151 Å². The molecule has 130 valence electrons. The Morgan fingerprint density at radius 1 is 0.962 bits per heavy atom. The summed E-state index contributed by atoms with van der Waals surface area (Å²) < 4.78 is 16.3. The van der Waals surface area contributed by atoms with Crippen LogP contribution < -0.4 is 19.6 Å². The fraction of sp³-hybridized carbons (Fsp3) is 0.0952. The van der Waals surface area contributed by atoms with Gasteiger partial charge in [-0.2, -0.15) is 5.10 Å². The Morgan fingerprint density at radius 2 is 1.69 bits per heavy atom. The van der Waals surface area contributed by atoms with Gasteiger partial charge in [-0.3, -0.25) is 5.43 Å². The fourth-order valence-electron chi connectivity index (χ4n) is 2.77. The van der Waals surface area contributed by atoms with Crippen molar-refractivity contribution in [2.24, 2.45) is 5.10 Å². The van der Waals surface area contributed by atoms with Gasteiger partial charge in [-0.1, -0.05) is 30.3 Å². The van der Waals surface area contributed by atoms with Gasteiger partial charge < -0.3 is 14.2 Å². The van der Waals surface area contributed by atoms with Crippen LogP contribution in [0.1, 0.15) is 5.56 Å². The van der Waals surface area contributed by atoms with Crippen molar-refractivity contribution < 1.29 is 14.2 Å². The monoisotopic (exact) mass is 346 g/mol. The van der Waals surface area contributed by atoms with E-state index in [9.17, 15) is 0 Å². The van der Waals surface area contributed by atoms with Crippen molar-refractivity contribution in [1.82, 2.24) is 0 Å². The normalized spacial score (nSPS) is 12.3. The molecule has 1 aliphatic rings. The predicted molar refractivity (Wildman–Crippen MR) is 102 cm³/mol. The number of ether oxygens (including phenoxy) is 3. The van der Waals surface area contributed by atoms with Crippen molar-refractivity contribution in [3.05, 3.63) is 72.3 Å². The van der Waals surface area contributed by atoms with Crippen LogP contribution in [-0.4, -0.2) is 20.1 Å². The molecule has 1 aliphatic heterocycles. The van der Waals surface area contributed by atoms with E-state index < -0.39 is 0 Å². The van der Waals surface area contributed by atoms with Crippen molar-refractivity contribution in [2.45, 2.75) is 0 Å². The highest BCUT2D eigenvalue weighted by Crippen LogP contribution is 2.38. The zero-order chi connectivity index (χ0) is 17.8. The minimum absolute atomic E-state index is 0.236. The van der Waals surface area contributed by atoms with Gasteiger partial charge in [0.2, 0.25) is 6.79 Å². The number of nitrogens with zero attached hydrogens (tertiary/aromatic N) is 1. The highest BCUT2D eigenvalue weighted by Gasteiger charge is 2.17. The quantitative estimate of drug-likeness (QED) is 0.544. The summed E-state index contributed by atoms with van der Waals surface area (Å²) in [5.74, 6) is 2.28. The molecule has 3 aromatic rings. The van der Waals surface area contributed by atoms with Crippen molar-refractivity contribution in [3.8, 4) is 28.4 Å². The molecular formula is C21H18N2O3. The number of nitrogens with one attached hydrogen (secondary N) is 1. The van der Waals surface area contributed by atoms with Gasteiger partial charge in [0.05, 0.1) is 19.0 Å². The number of rotatable bonds is 5. The molecule has 5 heteroatoms.